The number of nitro groups is 1. The van der Waals surface area contributed by atoms with Gasteiger partial charge >= 0.3 is 0 Å². The van der Waals surface area contributed by atoms with E-state index < -0.39 is 16.6 Å². The molecule has 2 amide bonds. The second-order valence-corrected chi connectivity index (χ2v) is 9.28. The van der Waals surface area contributed by atoms with Crippen molar-refractivity contribution in [3.63, 3.8) is 0 Å². The molecule has 0 aromatic heterocycles. The highest BCUT2D eigenvalue weighted by atomic mass is 35.5. The fourth-order valence-corrected chi connectivity index (χ4v) is 4.77. The Labute approximate surface area is 218 Å². The van der Waals surface area contributed by atoms with Crippen molar-refractivity contribution in [2.75, 3.05) is 25.5 Å². The highest BCUT2D eigenvalue weighted by Gasteiger charge is 2.28. The zero-order valence-electron chi connectivity index (χ0n) is 20.3. The number of nitro benzene ring substituents is 1. The van der Waals surface area contributed by atoms with Crippen LogP contribution in [0, 0.1) is 22.9 Å². The Morgan fingerprint density at radius 1 is 1.08 bits per heavy atom. The first-order valence-corrected chi connectivity index (χ1v) is 12.0. The number of carbonyl (C=O) groups excluding carboxylic acids is 2. The van der Waals surface area contributed by atoms with Crippen molar-refractivity contribution < 1.29 is 23.6 Å². The molecule has 1 saturated heterocycles. The minimum atomic E-state index is -0.537. The number of benzene rings is 3. The minimum Gasteiger partial charge on any atom is -0.496 e. The number of rotatable bonds is 6. The van der Waals surface area contributed by atoms with Gasteiger partial charge in [-0.15, -0.1) is 0 Å². The van der Waals surface area contributed by atoms with Gasteiger partial charge in [0.1, 0.15) is 11.6 Å². The lowest BCUT2D eigenvalue weighted by molar-refractivity contribution is -0.385. The first kappa shape index (κ1) is 26.1. The largest absolute Gasteiger partial charge is 0.496 e. The molecule has 8 nitrogen and oxygen atoms in total. The first-order chi connectivity index (χ1) is 17.7. The number of nitrogens with zero attached hydrogens (tertiary/aromatic N) is 2. The minimum absolute atomic E-state index is 0.101. The van der Waals surface area contributed by atoms with E-state index in [1.54, 1.807) is 24.0 Å². The van der Waals surface area contributed by atoms with Crippen LogP contribution in [-0.4, -0.2) is 41.8 Å². The van der Waals surface area contributed by atoms with Crippen LogP contribution in [0.3, 0.4) is 0 Å². The van der Waals surface area contributed by atoms with E-state index in [1.165, 1.54) is 31.4 Å². The van der Waals surface area contributed by atoms with E-state index in [1.807, 2.05) is 12.1 Å². The number of hydrogen-bond acceptors (Lipinski definition) is 5. The zero-order chi connectivity index (χ0) is 26.7. The van der Waals surface area contributed by atoms with Gasteiger partial charge in [-0.2, -0.15) is 0 Å². The van der Waals surface area contributed by atoms with Gasteiger partial charge in [-0.05, 0) is 67.6 Å². The second-order valence-electron chi connectivity index (χ2n) is 8.84. The van der Waals surface area contributed by atoms with Gasteiger partial charge in [0, 0.05) is 35.4 Å². The fourth-order valence-electron chi connectivity index (χ4n) is 4.56. The quantitative estimate of drug-likeness (QED) is 0.315. The summed E-state index contributed by atoms with van der Waals surface area (Å²) in [6.45, 7) is 2.56. The lowest BCUT2D eigenvalue weighted by Crippen LogP contribution is -2.38. The monoisotopic (exact) mass is 525 g/mol. The summed E-state index contributed by atoms with van der Waals surface area (Å²) in [5.41, 5.74) is 2.11. The summed E-state index contributed by atoms with van der Waals surface area (Å²) in [5, 5.41) is 14.2. The zero-order valence-corrected chi connectivity index (χ0v) is 21.0. The second kappa shape index (κ2) is 11.0. The van der Waals surface area contributed by atoms with Crippen LogP contribution >= 0.6 is 11.6 Å². The third-order valence-corrected chi connectivity index (χ3v) is 6.82. The Kier molecular flexibility index (Phi) is 7.73. The SMILES string of the molecule is COc1ccc(F)cc1C(=O)Nc1ccc(C2CCN(C(=O)c3cc(Cl)cc([N+](=O)[O-])c3C)CC2)cc1. The van der Waals surface area contributed by atoms with Gasteiger partial charge in [-0.25, -0.2) is 4.39 Å². The molecule has 4 rings (SSSR count). The maximum Gasteiger partial charge on any atom is 0.274 e. The van der Waals surface area contributed by atoms with E-state index in [0.717, 1.165) is 24.5 Å². The summed E-state index contributed by atoms with van der Waals surface area (Å²) in [6.07, 6.45) is 1.44. The average Bonchev–Trinajstić information content (AvgIpc) is 2.89. The summed E-state index contributed by atoms with van der Waals surface area (Å²) in [4.78, 5) is 38.2. The predicted molar refractivity (Wildman–Crippen MR) is 138 cm³/mol. The number of likely N-dealkylation sites (tertiary alicyclic amines) is 1. The Balaban J connectivity index is 1.39. The Hall–Kier alpha value is -3.98. The van der Waals surface area contributed by atoms with Crippen molar-refractivity contribution in [1.29, 1.82) is 0 Å². The first-order valence-electron chi connectivity index (χ1n) is 11.7. The van der Waals surface area contributed by atoms with Crippen LogP contribution in [0.15, 0.2) is 54.6 Å². The average molecular weight is 526 g/mol. The number of piperidine rings is 1. The molecular formula is C27H25ClFN3O5. The lowest BCUT2D eigenvalue weighted by Gasteiger charge is -2.32. The van der Waals surface area contributed by atoms with Gasteiger partial charge in [-0.1, -0.05) is 23.7 Å². The molecule has 0 unspecified atom stereocenters. The Morgan fingerprint density at radius 3 is 2.38 bits per heavy atom. The van der Waals surface area contributed by atoms with E-state index in [-0.39, 0.29) is 39.4 Å². The third-order valence-electron chi connectivity index (χ3n) is 6.60. The van der Waals surface area contributed by atoms with Crippen molar-refractivity contribution in [2.24, 2.45) is 0 Å². The molecule has 1 heterocycles. The maximum atomic E-state index is 13.6. The van der Waals surface area contributed by atoms with E-state index in [4.69, 9.17) is 16.3 Å². The van der Waals surface area contributed by atoms with E-state index >= 15 is 0 Å². The van der Waals surface area contributed by atoms with Crippen molar-refractivity contribution >= 4 is 34.8 Å². The van der Waals surface area contributed by atoms with Gasteiger partial charge in [0.25, 0.3) is 17.5 Å². The molecule has 3 aromatic rings. The molecule has 37 heavy (non-hydrogen) atoms. The van der Waals surface area contributed by atoms with Crippen LogP contribution < -0.4 is 10.1 Å². The summed E-state index contributed by atoms with van der Waals surface area (Å²) < 4.78 is 18.8. The van der Waals surface area contributed by atoms with Crippen molar-refractivity contribution in [3.8, 4) is 5.75 Å². The number of hydrogen-bond donors (Lipinski definition) is 1. The number of methoxy groups -OCH3 is 1. The Morgan fingerprint density at radius 2 is 1.76 bits per heavy atom. The van der Waals surface area contributed by atoms with Gasteiger partial charge in [0.15, 0.2) is 0 Å². The predicted octanol–water partition coefficient (Wildman–Crippen LogP) is 5.98. The number of nitrogens with one attached hydrogen (secondary N) is 1. The topological polar surface area (TPSA) is 102 Å². The van der Waals surface area contributed by atoms with Crippen molar-refractivity contribution in [3.05, 3.63) is 97.8 Å². The molecule has 10 heteroatoms. The summed E-state index contributed by atoms with van der Waals surface area (Å²) in [6, 6.07) is 13.9. The number of anilines is 1. The molecule has 1 fully saturated rings. The smallest absolute Gasteiger partial charge is 0.274 e. The van der Waals surface area contributed by atoms with E-state index in [2.05, 4.69) is 5.32 Å². The molecule has 3 aromatic carbocycles. The van der Waals surface area contributed by atoms with Crippen LogP contribution in [0.4, 0.5) is 15.8 Å². The van der Waals surface area contributed by atoms with Crippen LogP contribution in [0.2, 0.25) is 5.02 Å². The summed E-state index contributed by atoms with van der Waals surface area (Å²) in [5.74, 6) is -0.791. The third kappa shape index (κ3) is 5.72. The molecule has 1 aliphatic rings. The van der Waals surface area contributed by atoms with Gasteiger partial charge in [0.2, 0.25) is 0 Å². The van der Waals surface area contributed by atoms with E-state index in [9.17, 15) is 24.1 Å². The highest BCUT2D eigenvalue weighted by molar-refractivity contribution is 6.31. The van der Waals surface area contributed by atoms with Crippen LogP contribution in [0.5, 0.6) is 5.75 Å². The molecular weight excluding hydrogens is 501 g/mol. The molecule has 0 bridgehead atoms. The van der Waals surface area contributed by atoms with Crippen LogP contribution in [-0.2, 0) is 0 Å². The number of ether oxygens (including phenoxy) is 1. The Bertz CT molecular complexity index is 1350. The molecule has 1 aliphatic heterocycles. The van der Waals surface area contributed by atoms with Crippen molar-refractivity contribution in [1.82, 2.24) is 4.90 Å². The number of halogens is 2. The fraction of sp³-hybridized carbons (Fsp3) is 0.259. The molecule has 0 spiro atoms. The normalized spacial score (nSPS) is 13.8. The van der Waals surface area contributed by atoms with Crippen molar-refractivity contribution in [2.45, 2.75) is 25.7 Å². The van der Waals surface area contributed by atoms with Crippen LogP contribution in [0.1, 0.15) is 50.6 Å². The van der Waals surface area contributed by atoms with Gasteiger partial charge in [-0.3, -0.25) is 19.7 Å². The van der Waals surface area contributed by atoms with Gasteiger partial charge in [0.05, 0.1) is 23.2 Å². The number of amides is 2. The van der Waals surface area contributed by atoms with Crippen LogP contribution in [0.25, 0.3) is 0 Å². The molecule has 1 N–H and O–H groups in total. The standard InChI is InChI=1S/C27H25ClFN3O5/c1-16-22(13-19(28)14-24(16)32(35)36)27(34)31-11-9-18(10-12-31)17-3-6-21(7-4-17)30-26(33)23-15-20(29)5-8-25(23)37-2/h3-8,13-15,18H,9-12H2,1-2H3,(H,30,33). The highest BCUT2D eigenvalue weighted by Crippen LogP contribution is 2.32. The summed E-state index contributed by atoms with van der Waals surface area (Å²) in [7, 11) is 1.41. The molecule has 192 valence electrons. The molecule has 0 radical (unpaired) electrons. The molecule has 0 aliphatic carbocycles. The lowest BCUT2D eigenvalue weighted by atomic mass is 9.89. The summed E-state index contributed by atoms with van der Waals surface area (Å²) >= 11 is 6.03. The number of carbonyl (C=O) groups is 2. The maximum absolute atomic E-state index is 13.6. The molecule has 0 saturated carbocycles. The molecule has 0 atom stereocenters. The van der Waals surface area contributed by atoms with Gasteiger partial charge < -0.3 is 15.0 Å². The van der Waals surface area contributed by atoms with E-state index in [0.29, 0.717) is 24.3 Å².